The molecule has 2 heterocycles. The van der Waals surface area contributed by atoms with Crippen molar-refractivity contribution in [1.29, 1.82) is 0 Å². The van der Waals surface area contributed by atoms with Crippen LogP contribution < -0.4 is 10.3 Å². The van der Waals surface area contributed by atoms with Crippen molar-refractivity contribution in [3.8, 4) is 11.4 Å². The van der Waals surface area contributed by atoms with E-state index in [-0.39, 0.29) is 5.56 Å². The average molecular weight is 484 g/mol. The van der Waals surface area contributed by atoms with Gasteiger partial charge in [0.25, 0.3) is 5.56 Å². The van der Waals surface area contributed by atoms with Crippen LogP contribution in [0.5, 0.6) is 5.75 Å². The van der Waals surface area contributed by atoms with E-state index in [1.165, 1.54) is 5.56 Å². The number of rotatable bonds is 6. The number of benzene rings is 4. The summed E-state index contributed by atoms with van der Waals surface area (Å²) in [5, 5.41) is 1.72. The van der Waals surface area contributed by atoms with E-state index in [2.05, 4.69) is 53.2 Å². The zero-order valence-corrected chi connectivity index (χ0v) is 20.4. The van der Waals surface area contributed by atoms with Crippen molar-refractivity contribution in [3.05, 3.63) is 137 Å². The molecule has 0 fully saturated rings. The summed E-state index contributed by atoms with van der Waals surface area (Å²) in [4.78, 5) is 18.5. The van der Waals surface area contributed by atoms with Gasteiger partial charge in [0.05, 0.1) is 23.7 Å². The Bertz CT molecular complexity index is 1810. The van der Waals surface area contributed by atoms with Gasteiger partial charge in [-0.15, -0.1) is 0 Å². The van der Waals surface area contributed by atoms with E-state index in [1.54, 1.807) is 11.7 Å². The molecule has 6 rings (SSSR count). The molecular formula is C32H25N3O2. The molecule has 0 aliphatic carbocycles. The van der Waals surface area contributed by atoms with E-state index in [0.717, 1.165) is 23.0 Å². The second kappa shape index (κ2) is 9.63. The fraction of sp³-hybridized carbons (Fsp3) is 0.0625. The molecule has 0 radical (unpaired) electrons. The predicted octanol–water partition coefficient (Wildman–Crippen LogP) is 6.57. The molecule has 0 unspecified atom stereocenters. The summed E-state index contributed by atoms with van der Waals surface area (Å²) in [6.45, 7) is 0.776. The molecule has 37 heavy (non-hydrogen) atoms. The summed E-state index contributed by atoms with van der Waals surface area (Å²) < 4.78 is 9.32. The minimum Gasteiger partial charge on any atom is -0.497 e. The molecule has 0 aliphatic heterocycles. The summed E-state index contributed by atoms with van der Waals surface area (Å²) in [5.41, 5.74) is 4.70. The Kier molecular flexibility index (Phi) is 5.87. The Labute approximate surface area is 214 Å². The Morgan fingerprint density at radius 1 is 0.811 bits per heavy atom. The molecule has 0 spiro atoms. The van der Waals surface area contributed by atoms with E-state index in [4.69, 9.17) is 9.72 Å². The average Bonchev–Trinajstić information content (AvgIpc) is 3.29. The van der Waals surface area contributed by atoms with Gasteiger partial charge in [-0.3, -0.25) is 9.36 Å². The molecule has 5 nitrogen and oxygen atoms in total. The second-order valence-electron chi connectivity index (χ2n) is 8.88. The van der Waals surface area contributed by atoms with Gasteiger partial charge in [0.15, 0.2) is 0 Å². The predicted molar refractivity (Wildman–Crippen MR) is 150 cm³/mol. The summed E-state index contributed by atoms with van der Waals surface area (Å²) >= 11 is 0. The molecule has 2 aromatic heterocycles. The van der Waals surface area contributed by atoms with Crippen LogP contribution in [0.25, 0.3) is 39.6 Å². The van der Waals surface area contributed by atoms with Crippen LogP contribution in [0.1, 0.15) is 17.0 Å². The molecule has 0 aliphatic rings. The molecule has 5 heteroatoms. The van der Waals surface area contributed by atoms with Crippen LogP contribution >= 0.6 is 0 Å². The Hall–Kier alpha value is -4.90. The Morgan fingerprint density at radius 3 is 2.41 bits per heavy atom. The number of hydrogen-bond donors (Lipinski definition) is 0. The molecule has 0 bridgehead atoms. The number of ether oxygens (including phenoxy) is 1. The summed E-state index contributed by atoms with van der Waals surface area (Å²) in [5.74, 6) is 1.23. The third-order valence-electron chi connectivity index (χ3n) is 6.54. The van der Waals surface area contributed by atoms with E-state index < -0.39 is 0 Å². The van der Waals surface area contributed by atoms with Crippen LogP contribution in [-0.4, -0.2) is 21.2 Å². The highest BCUT2D eigenvalue weighted by Gasteiger charge is 2.13. The van der Waals surface area contributed by atoms with Crippen molar-refractivity contribution < 1.29 is 4.74 Å². The third-order valence-corrected chi connectivity index (χ3v) is 6.54. The zero-order valence-electron chi connectivity index (χ0n) is 20.4. The number of methoxy groups -OCH3 is 1. The van der Waals surface area contributed by atoms with Crippen molar-refractivity contribution >= 4 is 34.0 Å². The SMILES string of the molecule is COc1cccc(-n2c(C=Cc3cn(Cc4ccccc4)c4ccccc34)nc3ccccc3c2=O)c1. The van der Waals surface area contributed by atoms with Crippen LogP contribution in [0.2, 0.25) is 0 Å². The second-order valence-corrected chi connectivity index (χ2v) is 8.88. The molecule has 0 saturated carbocycles. The van der Waals surface area contributed by atoms with Gasteiger partial charge in [-0.05, 0) is 48.0 Å². The Balaban J connectivity index is 1.50. The lowest BCUT2D eigenvalue weighted by molar-refractivity contribution is 0.414. The first-order chi connectivity index (χ1) is 18.2. The van der Waals surface area contributed by atoms with Gasteiger partial charge in [-0.2, -0.15) is 0 Å². The third kappa shape index (κ3) is 4.32. The lowest BCUT2D eigenvalue weighted by atomic mass is 10.1. The molecule has 0 saturated heterocycles. The Morgan fingerprint density at radius 2 is 1.57 bits per heavy atom. The maximum Gasteiger partial charge on any atom is 0.266 e. The highest BCUT2D eigenvalue weighted by Crippen LogP contribution is 2.25. The first-order valence-electron chi connectivity index (χ1n) is 12.2. The van der Waals surface area contributed by atoms with Crippen molar-refractivity contribution in [2.75, 3.05) is 7.11 Å². The van der Waals surface area contributed by atoms with E-state index in [9.17, 15) is 4.79 Å². The lowest BCUT2D eigenvalue weighted by Gasteiger charge is -2.12. The number of hydrogen-bond acceptors (Lipinski definition) is 3. The number of fused-ring (bicyclic) bond motifs is 2. The molecular weight excluding hydrogens is 458 g/mol. The van der Waals surface area contributed by atoms with Gasteiger partial charge < -0.3 is 9.30 Å². The first-order valence-corrected chi connectivity index (χ1v) is 12.2. The summed E-state index contributed by atoms with van der Waals surface area (Å²) in [6, 6.07) is 33.7. The van der Waals surface area contributed by atoms with Crippen LogP contribution in [-0.2, 0) is 6.54 Å². The van der Waals surface area contributed by atoms with Gasteiger partial charge >= 0.3 is 0 Å². The van der Waals surface area contributed by atoms with Crippen LogP contribution in [0.4, 0.5) is 0 Å². The highest BCUT2D eigenvalue weighted by molar-refractivity contribution is 5.92. The molecule has 0 N–H and O–H groups in total. The van der Waals surface area contributed by atoms with Gasteiger partial charge in [-0.1, -0.05) is 66.7 Å². The molecule has 180 valence electrons. The summed E-state index contributed by atoms with van der Waals surface area (Å²) in [7, 11) is 1.62. The fourth-order valence-corrected chi connectivity index (χ4v) is 4.74. The normalized spacial score (nSPS) is 11.5. The highest BCUT2D eigenvalue weighted by atomic mass is 16.5. The zero-order chi connectivity index (χ0) is 25.2. The van der Waals surface area contributed by atoms with Gasteiger partial charge in [0.1, 0.15) is 11.6 Å². The van der Waals surface area contributed by atoms with Crippen LogP contribution in [0, 0.1) is 0 Å². The topological polar surface area (TPSA) is 49.0 Å². The monoisotopic (exact) mass is 483 g/mol. The molecule has 0 amide bonds. The number of nitrogens with zero attached hydrogens (tertiary/aromatic N) is 3. The standard InChI is InChI=1S/C32H25N3O2/c1-37-26-13-9-12-25(20-26)35-31(33-29-16-7-5-15-28(29)32(35)36)19-18-24-22-34(21-23-10-3-2-4-11-23)30-17-8-6-14-27(24)30/h2-20,22H,21H2,1H3. The van der Waals surface area contributed by atoms with Gasteiger partial charge in [-0.25, -0.2) is 4.98 Å². The van der Waals surface area contributed by atoms with Crippen LogP contribution in [0.15, 0.2) is 114 Å². The van der Waals surface area contributed by atoms with Crippen molar-refractivity contribution in [3.63, 3.8) is 0 Å². The fourth-order valence-electron chi connectivity index (χ4n) is 4.74. The molecule has 0 atom stereocenters. The van der Waals surface area contributed by atoms with E-state index in [1.807, 2.05) is 72.8 Å². The van der Waals surface area contributed by atoms with Crippen molar-refractivity contribution in [2.24, 2.45) is 0 Å². The largest absolute Gasteiger partial charge is 0.497 e. The maximum absolute atomic E-state index is 13.6. The molecule has 6 aromatic rings. The van der Waals surface area contributed by atoms with Gasteiger partial charge in [0.2, 0.25) is 0 Å². The lowest BCUT2D eigenvalue weighted by Crippen LogP contribution is -2.22. The van der Waals surface area contributed by atoms with E-state index in [0.29, 0.717) is 28.2 Å². The number of para-hydroxylation sites is 2. The molecule has 4 aromatic carbocycles. The minimum atomic E-state index is -0.120. The van der Waals surface area contributed by atoms with E-state index >= 15 is 0 Å². The van der Waals surface area contributed by atoms with Crippen molar-refractivity contribution in [1.82, 2.24) is 14.1 Å². The van der Waals surface area contributed by atoms with Gasteiger partial charge in [0, 0.05) is 35.3 Å². The number of aromatic nitrogens is 3. The minimum absolute atomic E-state index is 0.120. The summed E-state index contributed by atoms with van der Waals surface area (Å²) in [6.07, 6.45) is 6.11. The van der Waals surface area contributed by atoms with Crippen molar-refractivity contribution in [2.45, 2.75) is 6.54 Å². The maximum atomic E-state index is 13.6. The quantitative estimate of drug-likeness (QED) is 0.269. The first kappa shape index (κ1) is 22.6. The smallest absolute Gasteiger partial charge is 0.266 e. The van der Waals surface area contributed by atoms with Crippen LogP contribution in [0.3, 0.4) is 0 Å².